The Morgan fingerprint density at radius 2 is 2.04 bits per heavy atom. The van der Waals surface area contributed by atoms with E-state index in [0.29, 0.717) is 22.8 Å². The molecule has 134 valence electrons. The van der Waals surface area contributed by atoms with Crippen LogP contribution in [-0.2, 0) is 18.4 Å². The third-order valence-corrected chi connectivity index (χ3v) is 3.51. The molecule has 0 saturated carbocycles. The highest BCUT2D eigenvalue weighted by Gasteiger charge is 2.15. The number of carbonyl (C=O) groups is 1. The lowest BCUT2D eigenvalue weighted by Gasteiger charge is -2.08. The summed E-state index contributed by atoms with van der Waals surface area (Å²) < 4.78 is 25.2. The second-order valence-electron chi connectivity index (χ2n) is 5.26. The summed E-state index contributed by atoms with van der Waals surface area (Å²) in [5.41, 5.74) is 1.87. The summed E-state index contributed by atoms with van der Waals surface area (Å²) >= 11 is 0. The van der Waals surface area contributed by atoms with Gasteiger partial charge >= 0.3 is 5.97 Å². The molecule has 0 spiro atoms. The van der Waals surface area contributed by atoms with Gasteiger partial charge in [0.1, 0.15) is 35.3 Å². The lowest BCUT2D eigenvalue weighted by Crippen LogP contribution is -2.08. The molecule has 0 aliphatic carbocycles. The molecule has 0 N–H and O–H groups in total. The summed E-state index contributed by atoms with van der Waals surface area (Å²) in [5.74, 6) is -0.444. The van der Waals surface area contributed by atoms with Crippen LogP contribution < -0.4 is 4.74 Å². The molecular formula is C17H16FN5O3. The number of esters is 1. The van der Waals surface area contributed by atoms with E-state index < -0.39 is 11.8 Å². The van der Waals surface area contributed by atoms with Gasteiger partial charge in [-0.25, -0.2) is 18.9 Å². The zero-order chi connectivity index (χ0) is 18.5. The second-order valence-corrected chi connectivity index (χ2v) is 5.26. The highest BCUT2D eigenvalue weighted by atomic mass is 19.1. The molecule has 3 heterocycles. The standard InChI is InChI=1S/C17H16FN5O3/c1-3-25-17(24)14-7-5-12(9-20-14)26-10-15-16(21-22-23(15)2)13-6-4-11(18)8-19-13/h4-9H,3,10H2,1-2H3. The maximum atomic E-state index is 13.0. The topological polar surface area (TPSA) is 92.0 Å². The molecule has 0 bridgehead atoms. The van der Waals surface area contributed by atoms with E-state index in [4.69, 9.17) is 9.47 Å². The fraction of sp³-hybridized carbons (Fsp3) is 0.235. The van der Waals surface area contributed by atoms with Gasteiger partial charge in [-0.1, -0.05) is 5.21 Å². The Balaban J connectivity index is 1.73. The lowest BCUT2D eigenvalue weighted by molar-refractivity contribution is 0.0519. The Bertz CT molecular complexity index is 894. The third-order valence-electron chi connectivity index (χ3n) is 3.51. The number of pyridine rings is 2. The molecule has 0 saturated heterocycles. The van der Waals surface area contributed by atoms with Gasteiger partial charge in [-0.3, -0.25) is 4.98 Å². The van der Waals surface area contributed by atoms with Crippen molar-refractivity contribution in [3.05, 3.63) is 53.9 Å². The number of rotatable bonds is 6. The molecule has 3 rings (SSSR count). The highest BCUT2D eigenvalue weighted by molar-refractivity contribution is 5.87. The fourth-order valence-electron chi connectivity index (χ4n) is 2.20. The Morgan fingerprint density at radius 1 is 1.19 bits per heavy atom. The van der Waals surface area contributed by atoms with Crippen LogP contribution in [0, 0.1) is 5.82 Å². The number of carbonyl (C=O) groups excluding carboxylic acids is 1. The van der Waals surface area contributed by atoms with Crippen molar-refractivity contribution in [2.24, 2.45) is 7.05 Å². The molecule has 3 aromatic rings. The number of hydrogen-bond donors (Lipinski definition) is 0. The maximum Gasteiger partial charge on any atom is 0.356 e. The maximum absolute atomic E-state index is 13.0. The minimum Gasteiger partial charge on any atom is -0.486 e. The van der Waals surface area contributed by atoms with Gasteiger partial charge in [0.25, 0.3) is 0 Å². The highest BCUT2D eigenvalue weighted by Crippen LogP contribution is 2.20. The molecular weight excluding hydrogens is 341 g/mol. The average Bonchev–Trinajstić information content (AvgIpc) is 3.02. The van der Waals surface area contributed by atoms with Crippen LogP contribution in [0.3, 0.4) is 0 Å². The molecule has 0 radical (unpaired) electrons. The van der Waals surface area contributed by atoms with E-state index in [1.807, 2.05) is 0 Å². The second kappa shape index (κ2) is 7.68. The van der Waals surface area contributed by atoms with Crippen molar-refractivity contribution in [2.75, 3.05) is 6.61 Å². The monoisotopic (exact) mass is 357 g/mol. The average molecular weight is 357 g/mol. The molecule has 3 aromatic heterocycles. The van der Waals surface area contributed by atoms with E-state index in [9.17, 15) is 9.18 Å². The van der Waals surface area contributed by atoms with Gasteiger partial charge in [0, 0.05) is 7.05 Å². The summed E-state index contributed by atoms with van der Waals surface area (Å²) in [5, 5.41) is 8.02. The van der Waals surface area contributed by atoms with Crippen LogP contribution in [0.5, 0.6) is 5.75 Å². The number of nitrogens with zero attached hydrogens (tertiary/aromatic N) is 5. The molecule has 0 aromatic carbocycles. The zero-order valence-corrected chi connectivity index (χ0v) is 14.2. The van der Waals surface area contributed by atoms with Crippen molar-refractivity contribution in [3.8, 4) is 17.1 Å². The van der Waals surface area contributed by atoms with Gasteiger partial charge in [-0.15, -0.1) is 5.10 Å². The van der Waals surface area contributed by atoms with Crippen LogP contribution in [0.1, 0.15) is 23.1 Å². The largest absolute Gasteiger partial charge is 0.486 e. The summed E-state index contributed by atoms with van der Waals surface area (Å²) in [7, 11) is 1.72. The van der Waals surface area contributed by atoms with E-state index in [2.05, 4.69) is 20.3 Å². The minimum absolute atomic E-state index is 0.151. The Kier molecular flexibility index (Phi) is 5.16. The zero-order valence-electron chi connectivity index (χ0n) is 14.2. The molecule has 0 aliphatic rings. The van der Waals surface area contributed by atoms with Crippen LogP contribution in [0.25, 0.3) is 11.4 Å². The number of hydrogen-bond acceptors (Lipinski definition) is 7. The van der Waals surface area contributed by atoms with Crippen LogP contribution in [-0.4, -0.2) is 37.5 Å². The van der Waals surface area contributed by atoms with Gasteiger partial charge in [-0.2, -0.15) is 0 Å². The first-order valence-corrected chi connectivity index (χ1v) is 7.85. The summed E-state index contributed by atoms with van der Waals surface area (Å²) in [6.45, 7) is 2.16. The first-order chi connectivity index (χ1) is 12.6. The summed E-state index contributed by atoms with van der Waals surface area (Å²) in [6, 6.07) is 5.98. The number of ether oxygens (including phenoxy) is 2. The van der Waals surface area contributed by atoms with Gasteiger partial charge in [-0.05, 0) is 31.2 Å². The lowest BCUT2D eigenvalue weighted by atomic mass is 10.2. The molecule has 8 nitrogen and oxygen atoms in total. The number of aromatic nitrogens is 5. The Hall–Kier alpha value is -3.36. The van der Waals surface area contributed by atoms with Crippen LogP contribution in [0.15, 0.2) is 36.7 Å². The minimum atomic E-state index is -0.487. The molecule has 0 fully saturated rings. The normalized spacial score (nSPS) is 10.6. The van der Waals surface area contributed by atoms with Crippen molar-refractivity contribution in [3.63, 3.8) is 0 Å². The predicted molar refractivity (Wildman–Crippen MR) is 88.7 cm³/mol. The molecule has 0 aliphatic heterocycles. The smallest absolute Gasteiger partial charge is 0.356 e. The Morgan fingerprint density at radius 3 is 2.69 bits per heavy atom. The third kappa shape index (κ3) is 3.82. The quantitative estimate of drug-likeness (QED) is 0.624. The summed E-state index contributed by atoms with van der Waals surface area (Å²) in [4.78, 5) is 19.6. The van der Waals surface area contributed by atoms with E-state index in [1.165, 1.54) is 24.4 Å². The molecule has 9 heteroatoms. The molecule has 0 unspecified atom stereocenters. The van der Waals surface area contributed by atoms with E-state index in [0.717, 1.165) is 6.20 Å². The van der Waals surface area contributed by atoms with Gasteiger partial charge in [0.05, 0.1) is 24.7 Å². The van der Waals surface area contributed by atoms with Crippen LogP contribution in [0.4, 0.5) is 4.39 Å². The Labute approximate surface area is 148 Å². The molecule has 0 atom stereocenters. The SMILES string of the molecule is CCOC(=O)c1ccc(OCc2c(-c3ccc(F)cn3)nnn2C)cn1. The van der Waals surface area contributed by atoms with Crippen LogP contribution >= 0.6 is 0 Å². The van der Waals surface area contributed by atoms with Gasteiger partial charge < -0.3 is 9.47 Å². The molecule has 0 amide bonds. The first-order valence-electron chi connectivity index (χ1n) is 7.85. The van der Waals surface area contributed by atoms with Crippen molar-refractivity contribution in [1.82, 2.24) is 25.0 Å². The summed E-state index contributed by atoms with van der Waals surface area (Å²) in [6.07, 6.45) is 2.55. The van der Waals surface area contributed by atoms with E-state index in [1.54, 1.807) is 24.7 Å². The van der Waals surface area contributed by atoms with Crippen LogP contribution in [0.2, 0.25) is 0 Å². The number of aryl methyl sites for hydroxylation is 1. The van der Waals surface area contributed by atoms with Crippen molar-refractivity contribution in [2.45, 2.75) is 13.5 Å². The van der Waals surface area contributed by atoms with Gasteiger partial charge in [0.2, 0.25) is 0 Å². The molecule has 26 heavy (non-hydrogen) atoms. The van der Waals surface area contributed by atoms with E-state index >= 15 is 0 Å². The van der Waals surface area contributed by atoms with E-state index in [-0.39, 0.29) is 18.9 Å². The fourth-order valence-corrected chi connectivity index (χ4v) is 2.20. The van der Waals surface area contributed by atoms with Crippen molar-refractivity contribution >= 4 is 5.97 Å². The van der Waals surface area contributed by atoms with Crippen molar-refractivity contribution < 1.29 is 18.7 Å². The first kappa shape index (κ1) is 17.5. The van der Waals surface area contributed by atoms with Gasteiger partial charge in [0.15, 0.2) is 0 Å². The predicted octanol–water partition coefficient (Wildman–Crippen LogP) is 2.17. The van der Waals surface area contributed by atoms with Crippen molar-refractivity contribution in [1.29, 1.82) is 0 Å². The number of halogens is 1.